The fourth-order valence-electron chi connectivity index (χ4n) is 0.528. The highest BCUT2D eigenvalue weighted by Gasteiger charge is 1.93. The zero-order valence-corrected chi connectivity index (χ0v) is 7.18. The van der Waals surface area contributed by atoms with Crippen LogP contribution in [0.1, 0.15) is 20.8 Å². The number of hydrogen-bond acceptors (Lipinski definition) is 2. The van der Waals surface area contributed by atoms with Gasteiger partial charge in [-0.25, -0.2) is 0 Å². The minimum Gasteiger partial charge on any atom is -0.392 e. The molecule has 0 radical (unpaired) electrons. The zero-order chi connectivity index (χ0) is 7.86. The summed E-state index contributed by atoms with van der Waals surface area (Å²) in [7, 11) is 3.87. The highest BCUT2D eigenvalue weighted by molar-refractivity contribution is 4.48. The first kappa shape index (κ1) is 11.7. The smallest absolute Gasteiger partial charge is 0.0638 e. The van der Waals surface area contributed by atoms with Crippen molar-refractivity contribution in [2.45, 2.75) is 26.9 Å². The predicted molar refractivity (Wildman–Crippen MR) is 41.6 cm³/mol. The Hall–Kier alpha value is -0.0800. The highest BCUT2D eigenvalue weighted by Crippen LogP contribution is 1.80. The van der Waals surface area contributed by atoms with Crippen LogP contribution in [0.5, 0.6) is 0 Å². The summed E-state index contributed by atoms with van der Waals surface area (Å²) in [6.45, 7) is 6.53. The molecule has 0 heterocycles. The number of aliphatic hydroxyl groups excluding tert-OH is 1. The molecule has 2 nitrogen and oxygen atoms in total. The molecule has 0 aromatic heterocycles. The van der Waals surface area contributed by atoms with Crippen molar-refractivity contribution in [1.82, 2.24) is 4.90 Å². The van der Waals surface area contributed by atoms with Crippen molar-refractivity contribution in [1.29, 1.82) is 0 Å². The summed E-state index contributed by atoms with van der Waals surface area (Å²) in [5.74, 6) is 0. The molecule has 0 bridgehead atoms. The van der Waals surface area contributed by atoms with Gasteiger partial charge in [0.15, 0.2) is 0 Å². The van der Waals surface area contributed by atoms with Crippen molar-refractivity contribution < 1.29 is 5.11 Å². The lowest BCUT2D eigenvalue weighted by Gasteiger charge is -2.10. The van der Waals surface area contributed by atoms with Crippen LogP contribution in [0, 0.1) is 0 Å². The molecule has 1 N–H and O–H groups in total. The molecule has 1 atom stereocenters. The standard InChI is InChI=1S/C5H13NO.C2H6/c1-5(7)4-6(2)3;1-2/h5,7H,4H2,1-3H3;1-2H3/t5-;/m1./s1. The molecule has 0 rings (SSSR count). The van der Waals surface area contributed by atoms with Gasteiger partial charge in [0.05, 0.1) is 6.10 Å². The molecule has 9 heavy (non-hydrogen) atoms. The molecule has 0 aliphatic rings. The molecule has 0 aliphatic heterocycles. The quantitative estimate of drug-likeness (QED) is 0.606. The second kappa shape index (κ2) is 7.92. The molecule has 0 saturated carbocycles. The van der Waals surface area contributed by atoms with Gasteiger partial charge in [-0.05, 0) is 21.0 Å². The van der Waals surface area contributed by atoms with E-state index in [0.29, 0.717) is 0 Å². The zero-order valence-electron chi connectivity index (χ0n) is 7.18. The molecule has 58 valence electrons. The Bertz CT molecular complexity index is 38.2. The number of nitrogens with zero attached hydrogens (tertiary/aromatic N) is 1. The summed E-state index contributed by atoms with van der Waals surface area (Å²) in [6, 6.07) is 0. The van der Waals surface area contributed by atoms with E-state index in [4.69, 9.17) is 5.11 Å². The van der Waals surface area contributed by atoms with Gasteiger partial charge in [0.2, 0.25) is 0 Å². The summed E-state index contributed by atoms with van der Waals surface area (Å²) in [5, 5.41) is 8.68. The maximum atomic E-state index is 8.68. The van der Waals surface area contributed by atoms with Crippen LogP contribution in [0.25, 0.3) is 0 Å². The van der Waals surface area contributed by atoms with Crippen LogP contribution in [0.2, 0.25) is 0 Å². The maximum Gasteiger partial charge on any atom is 0.0638 e. The minimum absolute atomic E-state index is 0.199. The summed E-state index contributed by atoms with van der Waals surface area (Å²) in [5.41, 5.74) is 0. The lowest BCUT2D eigenvalue weighted by molar-refractivity contribution is 0.154. The molecular weight excluding hydrogens is 114 g/mol. The van der Waals surface area contributed by atoms with Gasteiger partial charge in [-0.15, -0.1) is 0 Å². The summed E-state index contributed by atoms with van der Waals surface area (Å²) >= 11 is 0. The van der Waals surface area contributed by atoms with Crippen LogP contribution in [0.3, 0.4) is 0 Å². The van der Waals surface area contributed by atoms with Crippen LogP contribution in [0.4, 0.5) is 0 Å². The van der Waals surface area contributed by atoms with Crippen LogP contribution in [-0.4, -0.2) is 36.8 Å². The number of likely N-dealkylation sites (N-methyl/N-ethyl adjacent to an activating group) is 1. The van der Waals surface area contributed by atoms with Gasteiger partial charge in [-0.3, -0.25) is 0 Å². The molecule has 0 saturated heterocycles. The first-order valence-corrected chi connectivity index (χ1v) is 3.45. The lowest BCUT2D eigenvalue weighted by Crippen LogP contribution is -2.22. The SMILES string of the molecule is CC.C[C@@H](O)CN(C)C. The third kappa shape index (κ3) is 18.1. The largest absolute Gasteiger partial charge is 0.392 e. The fraction of sp³-hybridized carbons (Fsp3) is 1.00. The van der Waals surface area contributed by atoms with Gasteiger partial charge in [-0.2, -0.15) is 0 Å². The van der Waals surface area contributed by atoms with E-state index in [0.717, 1.165) is 6.54 Å². The first-order chi connectivity index (χ1) is 4.13. The minimum atomic E-state index is -0.199. The average Bonchev–Trinajstić information content (AvgIpc) is 1.68. The Morgan fingerprint density at radius 1 is 1.33 bits per heavy atom. The van der Waals surface area contributed by atoms with Gasteiger partial charge >= 0.3 is 0 Å². The monoisotopic (exact) mass is 133 g/mol. The summed E-state index contributed by atoms with van der Waals surface area (Å²) in [6.07, 6.45) is -0.199. The van der Waals surface area contributed by atoms with Crippen molar-refractivity contribution in [3.05, 3.63) is 0 Å². The molecular formula is C7H19NO. The van der Waals surface area contributed by atoms with Gasteiger partial charge in [-0.1, -0.05) is 13.8 Å². The number of aliphatic hydroxyl groups is 1. The van der Waals surface area contributed by atoms with Crippen molar-refractivity contribution in [2.24, 2.45) is 0 Å². The van der Waals surface area contributed by atoms with Crippen LogP contribution < -0.4 is 0 Å². The van der Waals surface area contributed by atoms with Crippen molar-refractivity contribution in [3.8, 4) is 0 Å². The van der Waals surface area contributed by atoms with Gasteiger partial charge in [0, 0.05) is 6.54 Å². The van der Waals surface area contributed by atoms with Crippen molar-refractivity contribution in [2.75, 3.05) is 20.6 Å². The maximum absolute atomic E-state index is 8.68. The second-order valence-electron chi connectivity index (χ2n) is 2.11. The molecule has 0 spiro atoms. The molecule has 0 amide bonds. The fourth-order valence-corrected chi connectivity index (χ4v) is 0.528. The lowest BCUT2D eigenvalue weighted by atomic mass is 10.4. The van der Waals surface area contributed by atoms with E-state index in [1.807, 2.05) is 32.8 Å². The summed E-state index contributed by atoms with van der Waals surface area (Å²) < 4.78 is 0. The van der Waals surface area contributed by atoms with E-state index >= 15 is 0 Å². The van der Waals surface area contributed by atoms with Gasteiger partial charge in [0.25, 0.3) is 0 Å². The van der Waals surface area contributed by atoms with Crippen LogP contribution in [-0.2, 0) is 0 Å². The molecule has 0 aromatic rings. The molecule has 0 aromatic carbocycles. The third-order valence-corrected chi connectivity index (χ3v) is 0.629. The van der Waals surface area contributed by atoms with Gasteiger partial charge < -0.3 is 10.0 Å². The van der Waals surface area contributed by atoms with Crippen molar-refractivity contribution >= 4 is 0 Å². The second-order valence-corrected chi connectivity index (χ2v) is 2.11. The summed E-state index contributed by atoms with van der Waals surface area (Å²) in [4.78, 5) is 1.95. The van der Waals surface area contributed by atoms with E-state index in [1.54, 1.807) is 6.92 Å². The average molecular weight is 133 g/mol. The number of rotatable bonds is 2. The first-order valence-electron chi connectivity index (χ1n) is 3.45. The third-order valence-electron chi connectivity index (χ3n) is 0.629. The van der Waals surface area contributed by atoms with E-state index in [1.165, 1.54) is 0 Å². The van der Waals surface area contributed by atoms with Crippen molar-refractivity contribution in [3.63, 3.8) is 0 Å². The Labute approximate surface area is 58.5 Å². The van der Waals surface area contributed by atoms with E-state index in [9.17, 15) is 0 Å². The normalized spacial score (nSPS) is 12.3. The Kier molecular flexibility index (Phi) is 10.3. The number of hydrogen-bond donors (Lipinski definition) is 1. The highest BCUT2D eigenvalue weighted by atomic mass is 16.3. The predicted octanol–water partition coefficient (Wildman–Crippen LogP) is 0.955. The van der Waals surface area contributed by atoms with E-state index in [-0.39, 0.29) is 6.10 Å². The van der Waals surface area contributed by atoms with Crippen LogP contribution >= 0.6 is 0 Å². The van der Waals surface area contributed by atoms with Crippen LogP contribution in [0.15, 0.2) is 0 Å². The molecule has 0 fully saturated rings. The molecule has 2 heteroatoms. The Balaban J connectivity index is 0. The Morgan fingerprint density at radius 2 is 1.67 bits per heavy atom. The van der Waals surface area contributed by atoms with E-state index in [2.05, 4.69) is 0 Å². The van der Waals surface area contributed by atoms with Gasteiger partial charge in [0.1, 0.15) is 0 Å². The molecule has 0 aliphatic carbocycles. The molecule has 0 unspecified atom stereocenters. The van der Waals surface area contributed by atoms with E-state index < -0.39 is 0 Å². The Morgan fingerprint density at radius 3 is 1.67 bits per heavy atom. The topological polar surface area (TPSA) is 23.5 Å².